The summed E-state index contributed by atoms with van der Waals surface area (Å²) in [5, 5.41) is 5.19. The van der Waals surface area contributed by atoms with Crippen LogP contribution in [0, 0.1) is 0 Å². The Kier molecular flexibility index (Phi) is 2.37. The SMILES string of the molecule is CC(C)c1noc(-c2ccc3[nH]ccc3c2)c1N. The van der Waals surface area contributed by atoms with E-state index < -0.39 is 0 Å². The molecular weight excluding hydrogens is 226 g/mol. The second-order valence-corrected chi connectivity index (χ2v) is 4.75. The number of hydrogen-bond donors (Lipinski definition) is 2. The molecule has 3 aromatic rings. The van der Waals surface area contributed by atoms with Gasteiger partial charge in [-0.25, -0.2) is 0 Å². The zero-order valence-electron chi connectivity index (χ0n) is 10.4. The molecule has 18 heavy (non-hydrogen) atoms. The highest BCUT2D eigenvalue weighted by molar-refractivity contribution is 5.86. The van der Waals surface area contributed by atoms with Gasteiger partial charge in [0.15, 0.2) is 5.76 Å². The zero-order valence-corrected chi connectivity index (χ0v) is 10.4. The Morgan fingerprint density at radius 1 is 1.28 bits per heavy atom. The molecule has 1 aromatic carbocycles. The zero-order chi connectivity index (χ0) is 12.7. The fraction of sp³-hybridized carbons (Fsp3) is 0.214. The summed E-state index contributed by atoms with van der Waals surface area (Å²) in [6.45, 7) is 4.10. The molecule has 0 radical (unpaired) electrons. The number of aromatic amines is 1. The molecule has 92 valence electrons. The molecule has 0 saturated heterocycles. The summed E-state index contributed by atoms with van der Waals surface area (Å²) in [4.78, 5) is 3.16. The third kappa shape index (κ3) is 1.57. The van der Waals surface area contributed by atoms with Crippen molar-refractivity contribution in [1.82, 2.24) is 10.1 Å². The van der Waals surface area contributed by atoms with Crippen LogP contribution in [-0.2, 0) is 0 Å². The Labute approximate surface area is 105 Å². The number of nitrogens with zero attached hydrogens (tertiary/aromatic N) is 1. The van der Waals surface area contributed by atoms with E-state index in [2.05, 4.69) is 10.1 Å². The lowest BCUT2D eigenvalue weighted by Gasteiger charge is -2.01. The number of aromatic nitrogens is 2. The standard InChI is InChI=1S/C14H15N3O/c1-8(2)13-12(15)14(18-17-13)10-3-4-11-9(7-10)5-6-16-11/h3-8,16H,15H2,1-2H3. The van der Waals surface area contributed by atoms with Gasteiger partial charge in [-0.3, -0.25) is 0 Å². The van der Waals surface area contributed by atoms with E-state index in [-0.39, 0.29) is 5.92 Å². The number of nitrogens with two attached hydrogens (primary N) is 1. The van der Waals surface area contributed by atoms with Gasteiger partial charge < -0.3 is 15.2 Å². The van der Waals surface area contributed by atoms with E-state index in [1.165, 1.54) is 0 Å². The maximum atomic E-state index is 6.09. The first-order valence-corrected chi connectivity index (χ1v) is 5.99. The Balaban J connectivity index is 2.13. The monoisotopic (exact) mass is 241 g/mol. The van der Waals surface area contributed by atoms with E-state index in [0.29, 0.717) is 11.4 Å². The maximum Gasteiger partial charge on any atom is 0.190 e. The molecule has 0 amide bonds. The van der Waals surface area contributed by atoms with Crippen LogP contribution in [0.2, 0.25) is 0 Å². The molecule has 0 atom stereocenters. The lowest BCUT2D eigenvalue weighted by molar-refractivity contribution is 0.420. The van der Waals surface area contributed by atoms with Gasteiger partial charge in [0.05, 0.1) is 0 Å². The molecule has 3 N–H and O–H groups in total. The molecule has 2 aromatic heterocycles. The smallest absolute Gasteiger partial charge is 0.190 e. The van der Waals surface area contributed by atoms with Crippen molar-refractivity contribution in [1.29, 1.82) is 0 Å². The van der Waals surface area contributed by atoms with Crippen molar-refractivity contribution in [2.24, 2.45) is 0 Å². The molecule has 0 fully saturated rings. The van der Waals surface area contributed by atoms with Crippen molar-refractivity contribution in [2.75, 3.05) is 5.73 Å². The van der Waals surface area contributed by atoms with Gasteiger partial charge in [0, 0.05) is 28.6 Å². The van der Waals surface area contributed by atoms with E-state index in [1.54, 1.807) is 0 Å². The summed E-state index contributed by atoms with van der Waals surface area (Å²) < 4.78 is 5.38. The summed E-state index contributed by atoms with van der Waals surface area (Å²) in [6.07, 6.45) is 1.91. The van der Waals surface area contributed by atoms with E-state index in [0.717, 1.165) is 22.2 Å². The summed E-state index contributed by atoms with van der Waals surface area (Å²) in [5.74, 6) is 0.917. The number of nitrogen functional groups attached to an aromatic ring is 1. The highest BCUT2D eigenvalue weighted by Gasteiger charge is 2.17. The van der Waals surface area contributed by atoms with Gasteiger partial charge in [0.2, 0.25) is 0 Å². The number of hydrogen-bond acceptors (Lipinski definition) is 3. The van der Waals surface area contributed by atoms with Crippen LogP contribution in [0.1, 0.15) is 25.5 Å². The van der Waals surface area contributed by atoms with Crippen LogP contribution in [0.4, 0.5) is 5.69 Å². The van der Waals surface area contributed by atoms with Crippen LogP contribution in [0.5, 0.6) is 0 Å². The van der Waals surface area contributed by atoms with E-state index >= 15 is 0 Å². The first-order valence-electron chi connectivity index (χ1n) is 5.99. The van der Waals surface area contributed by atoms with Crippen molar-refractivity contribution in [3.05, 3.63) is 36.2 Å². The number of anilines is 1. The van der Waals surface area contributed by atoms with Gasteiger partial charge in [0.25, 0.3) is 0 Å². The minimum absolute atomic E-state index is 0.262. The third-order valence-electron chi connectivity index (χ3n) is 3.12. The highest BCUT2D eigenvalue weighted by atomic mass is 16.5. The minimum Gasteiger partial charge on any atom is -0.394 e. The Bertz CT molecular complexity index is 694. The Hall–Kier alpha value is -2.23. The lowest BCUT2D eigenvalue weighted by Crippen LogP contribution is -1.94. The van der Waals surface area contributed by atoms with Crippen LogP contribution in [0.25, 0.3) is 22.2 Å². The third-order valence-corrected chi connectivity index (χ3v) is 3.12. The van der Waals surface area contributed by atoms with Crippen molar-refractivity contribution in [2.45, 2.75) is 19.8 Å². The Morgan fingerprint density at radius 3 is 2.83 bits per heavy atom. The van der Waals surface area contributed by atoms with Crippen LogP contribution >= 0.6 is 0 Å². The summed E-state index contributed by atoms with van der Waals surface area (Å²) >= 11 is 0. The molecule has 0 aliphatic heterocycles. The predicted molar refractivity (Wildman–Crippen MR) is 72.3 cm³/mol. The molecule has 3 rings (SSSR count). The highest BCUT2D eigenvalue weighted by Crippen LogP contribution is 2.33. The number of nitrogens with one attached hydrogen (secondary N) is 1. The maximum absolute atomic E-state index is 6.09. The molecule has 0 aliphatic carbocycles. The van der Waals surface area contributed by atoms with Crippen molar-refractivity contribution < 1.29 is 4.52 Å². The first kappa shape index (κ1) is 10.9. The molecular formula is C14H15N3O. The molecule has 0 aliphatic rings. The molecule has 0 unspecified atom stereocenters. The van der Waals surface area contributed by atoms with Crippen molar-refractivity contribution in [3.8, 4) is 11.3 Å². The van der Waals surface area contributed by atoms with Gasteiger partial charge in [0.1, 0.15) is 11.4 Å². The lowest BCUT2D eigenvalue weighted by atomic mass is 10.0. The average Bonchev–Trinajstić information content (AvgIpc) is 2.93. The van der Waals surface area contributed by atoms with Gasteiger partial charge >= 0.3 is 0 Å². The summed E-state index contributed by atoms with van der Waals surface area (Å²) in [7, 11) is 0. The van der Waals surface area contributed by atoms with Gasteiger partial charge in [-0.05, 0) is 24.3 Å². The number of benzene rings is 1. The van der Waals surface area contributed by atoms with Crippen molar-refractivity contribution in [3.63, 3.8) is 0 Å². The van der Waals surface area contributed by atoms with Crippen LogP contribution in [0.15, 0.2) is 35.0 Å². The number of H-pyrrole nitrogens is 1. The molecule has 4 nitrogen and oxygen atoms in total. The van der Waals surface area contributed by atoms with E-state index in [1.807, 2.05) is 44.3 Å². The van der Waals surface area contributed by atoms with Gasteiger partial charge in [-0.1, -0.05) is 19.0 Å². The van der Waals surface area contributed by atoms with Crippen LogP contribution in [0.3, 0.4) is 0 Å². The van der Waals surface area contributed by atoms with E-state index in [4.69, 9.17) is 10.3 Å². The first-order chi connectivity index (χ1) is 8.66. The summed E-state index contributed by atoms with van der Waals surface area (Å²) in [5.41, 5.74) is 9.60. The fourth-order valence-corrected chi connectivity index (χ4v) is 2.13. The predicted octanol–water partition coefficient (Wildman–Crippen LogP) is 3.53. The molecule has 0 spiro atoms. The number of rotatable bonds is 2. The number of fused-ring (bicyclic) bond motifs is 1. The van der Waals surface area contributed by atoms with Gasteiger partial charge in [-0.15, -0.1) is 0 Å². The van der Waals surface area contributed by atoms with Crippen molar-refractivity contribution >= 4 is 16.6 Å². The summed E-state index contributed by atoms with van der Waals surface area (Å²) in [6, 6.07) is 8.07. The fourth-order valence-electron chi connectivity index (χ4n) is 2.13. The van der Waals surface area contributed by atoms with E-state index in [9.17, 15) is 0 Å². The second-order valence-electron chi connectivity index (χ2n) is 4.75. The van der Waals surface area contributed by atoms with Gasteiger partial charge in [-0.2, -0.15) is 0 Å². The molecule has 0 saturated carbocycles. The topological polar surface area (TPSA) is 67.8 Å². The van der Waals surface area contributed by atoms with Crippen LogP contribution < -0.4 is 5.73 Å². The molecule has 2 heterocycles. The normalized spacial score (nSPS) is 11.5. The Morgan fingerprint density at radius 2 is 2.11 bits per heavy atom. The van der Waals surface area contributed by atoms with Crippen LogP contribution in [-0.4, -0.2) is 10.1 Å². The molecule has 0 bridgehead atoms. The quantitative estimate of drug-likeness (QED) is 0.721. The molecule has 4 heteroatoms. The second kappa shape index (κ2) is 3.91. The average molecular weight is 241 g/mol. The largest absolute Gasteiger partial charge is 0.394 e. The minimum atomic E-state index is 0.262.